The highest BCUT2D eigenvalue weighted by Crippen LogP contribution is 2.25. The number of nitrogens with one attached hydrogen (secondary N) is 1. The fourth-order valence-corrected chi connectivity index (χ4v) is 1.80. The SMILES string of the molecule is CNc1nc(C)nnc1-c1ccc(C(C)C)cc1. The van der Waals surface area contributed by atoms with Crippen molar-refractivity contribution in [2.75, 3.05) is 12.4 Å². The van der Waals surface area contributed by atoms with E-state index >= 15 is 0 Å². The first kappa shape index (κ1) is 12.5. The van der Waals surface area contributed by atoms with E-state index in [1.54, 1.807) is 0 Å². The van der Waals surface area contributed by atoms with Crippen LogP contribution in [-0.2, 0) is 0 Å². The summed E-state index contributed by atoms with van der Waals surface area (Å²) in [5, 5.41) is 11.3. The van der Waals surface area contributed by atoms with Crippen LogP contribution in [0.2, 0.25) is 0 Å². The third kappa shape index (κ3) is 2.47. The van der Waals surface area contributed by atoms with E-state index in [0.29, 0.717) is 11.7 Å². The minimum atomic E-state index is 0.532. The fourth-order valence-electron chi connectivity index (χ4n) is 1.80. The number of aromatic nitrogens is 3. The standard InChI is InChI=1S/C14H18N4/c1-9(2)11-5-7-12(8-6-11)13-14(15-4)16-10(3)17-18-13/h5-9H,1-4H3,(H,15,16,17). The van der Waals surface area contributed by atoms with Gasteiger partial charge in [-0.2, -0.15) is 0 Å². The van der Waals surface area contributed by atoms with Gasteiger partial charge >= 0.3 is 0 Å². The summed E-state index contributed by atoms with van der Waals surface area (Å²) in [4.78, 5) is 4.34. The summed E-state index contributed by atoms with van der Waals surface area (Å²) in [6.45, 7) is 6.20. The molecule has 1 heterocycles. The van der Waals surface area contributed by atoms with Crippen LogP contribution in [0.1, 0.15) is 31.2 Å². The molecule has 0 aliphatic carbocycles. The van der Waals surface area contributed by atoms with E-state index in [4.69, 9.17) is 0 Å². The second kappa shape index (κ2) is 5.12. The van der Waals surface area contributed by atoms with Gasteiger partial charge in [0, 0.05) is 12.6 Å². The van der Waals surface area contributed by atoms with Gasteiger partial charge in [0.05, 0.1) is 0 Å². The molecule has 0 saturated carbocycles. The minimum absolute atomic E-state index is 0.532. The average Bonchev–Trinajstić information content (AvgIpc) is 2.38. The Morgan fingerprint density at radius 1 is 1.06 bits per heavy atom. The van der Waals surface area contributed by atoms with Crippen molar-refractivity contribution in [3.05, 3.63) is 35.7 Å². The van der Waals surface area contributed by atoms with Gasteiger partial charge in [-0.25, -0.2) is 4.98 Å². The lowest BCUT2D eigenvalue weighted by Crippen LogP contribution is -2.02. The molecule has 0 atom stereocenters. The molecule has 0 saturated heterocycles. The lowest BCUT2D eigenvalue weighted by atomic mass is 10.0. The largest absolute Gasteiger partial charge is 0.371 e. The Morgan fingerprint density at radius 3 is 2.28 bits per heavy atom. The highest BCUT2D eigenvalue weighted by molar-refractivity contribution is 5.70. The normalized spacial score (nSPS) is 10.7. The van der Waals surface area contributed by atoms with Crippen LogP contribution < -0.4 is 5.32 Å². The number of rotatable bonds is 3. The molecule has 4 nitrogen and oxygen atoms in total. The summed E-state index contributed by atoms with van der Waals surface area (Å²) in [6.07, 6.45) is 0. The molecule has 2 aromatic rings. The van der Waals surface area contributed by atoms with E-state index in [-0.39, 0.29) is 0 Å². The van der Waals surface area contributed by atoms with E-state index in [0.717, 1.165) is 17.1 Å². The number of anilines is 1. The van der Waals surface area contributed by atoms with Crippen molar-refractivity contribution >= 4 is 5.82 Å². The smallest absolute Gasteiger partial charge is 0.156 e. The number of hydrogen-bond donors (Lipinski definition) is 1. The molecule has 0 aliphatic rings. The van der Waals surface area contributed by atoms with Gasteiger partial charge < -0.3 is 5.32 Å². The van der Waals surface area contributed by atoms with E-state index in [9.17, 15) is 0 Å². The van der Waals surface area contributed by atoms with E-state index in [2.05, 4.69) is 58.6 Å². The molecule has 0 unspecified atom stereocenters. The zero-order valence-corrected chi connectivity index (χ0v) is 11.2. The highest BCUT2D eigenvalue weighted by atomic mass is 15.2. The maximum atomic E-state index is 4.34. The second-order valence-corrected chi connectivity index (χ2v) is 4.58. The minimum Gasteiger partial charge on any atom is -0.371 e. The van der Waals surface area contributed by atoms with Crippen molar-refractivity contribution in [3.63, 3.8) is 0 Å². The van der Waals surface area contributed by atoms with Crippen molar-refractivity contribution in [1.29, 1.82) is 0 Å². The molecule has 0 fully saturated rings. The van der Waals surface area contributed by atoms with Crippen LogP contribution in [0.5, 0.6) is 0 Å². The summed E-state index contributed by atoms with van der Waals surface area (Å²) in [6, 6.07) is 8.39. The molecule has 2 rings (SSSR count). The van der Waals surface area contributed by atoms with Gasteiger partial charge in [-0.05, 0) is 18.4 Å². The third-order valence-corrected chi connectivity index (χ3v) is 2.88. The molecule has 0 bridgehead atoms. The molecular weight excluding hydrogens is 224 g/mol. The van der Waals surface area contributed by atoms with Crippen molar-refractivity contribution in [1.82, 2.24) is 15.2 Å². The average molecular weight is 242 g/mol. The molecule has 1 aromatic carbocycles. The van der Waals surface area contributed by atoms with Crippen LogP contribution in [0.4, 0.5) is 5.82 Å². The van der Waals surface area contributed by atoms with Crippen LogP contribution in [-0.4, -0.2) is 22.2 Å². The molecule has 0 aliphatic heterocycles. The number of benzene rings is 1. The number of aryl methyl sites for hydroxylation is 1. The maximum Gasteiger partial charge on any atom is 0.156 e. The molecule has 0 radical (unpaired) electrons. The Balaban J connectivity index is 2.42. The fraction of sp³-hybridized carbons (Fsp3) is 0.357. The van der Waals surface area contributed by atoms with Crippen LogP contribution in [0, 0.1) is 6.92 Å². The Morgan fingerprint density at radius 2 is 1.72 bits per heavy atom. The Bertz CT molecular complexity index is 532. The van der Waals surface area contributed by atoms with Crippen LogP contribution >= 0.6 is 0 Å². The monoisotopic (exact) mass is 242 g/mol. The lowest BCUT2D eigenvalue weighted by molar-refractivity contribution is 0.866. The maximum absolute atomic E-state index is 4.34. The van der Waals surface area contributed by atoms with Gasteiger partial charge in [0.1, 0.15) is 11.5 Å². The van der Waals surface area contributed by atoms with E-state index < -0.39 is 0 Å². The van der Waals surface area contributed by atoms with Crippen LogP contribution in [0.15, 0.2) is 24.3 Å². The van der Waals surface area contributed by atoms with Crippen LogP contribution in [0.25, 0.3) is 11.3 Å². The van der Waals surface area contributed by atoms with Crippen molar-refractivity contribution < 1.29 is 0 Å². The van der Waals surface area contributed by atoms with Gasteiger partial charge in [0.2, 0.25) is 0 Å². The lowest BCUT2D eigenvalue weighted by Gasteiger charge is -2.09. The van der Waals surface area contributed by atoms with Crippen LogP contribution in [0.3, 0.4) is 0 Å². The van der Waals surface area contributed by atoms with Gasteiger partial charge in [-0.1, -0.05) is 38.1 Å². The topological polar surface area (TPSA) is 50.7 Å². The Kier molecular flexibility index (Phi) is 3.55. The number of nitrogens with zero attached hydrogens (tertiary/aromatic N) is 3. The van der Waals surface area contributed by atoms with E-state index in [1.807, 2.05) is 14.0 Å². The first-order valence-corrected chi connectivity index (χ1v) is 6.11. The summed E-state index contributed by atoms with van der Waals surface area (Å²) in [5.41, 5.74) is 3.14. The van der Waals surface area contributed by atoms with E-state index in [1.165, 1.54) is 5.56 Å². The molecule has 1 N–H and O–H groups in total. The summed E-state index contributed by atoms with van der Waals surface area (Å²) < 4.78 is 0. The van der Waals surface area contributed by atoms with Gasteiger partial charge in [0.25, 0.3) is 0 Å². The Labute approximate surface area is 107 Å². The second-order valence-electron chi connectivity index (χ2n) is 4.58. The van der Waals surface area contributed by atoms with Gasteiger partial charge in [-0.3, -0.25) is 0 Å². The molecule has 0 spiro atoms. The van der Waals surface area contributed by atoms with Crippen molar-refractivity contribution in [3.8, 4) is 11.3 Å². The third-order valence-electron chi connectivity index (χ3n) is 2.88. The molecule has 18 heavy (non-hydrogen) atoms. The molecule has 4 heteroatoms. The number of hydrogen-bond acceptors (Lipinski definition) is 4. The quantitative estimate of drug-likeness (QED) is 0.898. The molecule has 1 aromatic heterocycles. The highest BCUT2D eigenvalue weighted by Gasteiger charge is 2.09. The predicted octanol–water partition coefficient (Wildman–Crippen LogP) is 3.01. The summed E-state index contributed by atoms with van der Waals surface area (Å²) in [7, 11) is 1.84. The first-order chi connectivity index (χ1) is 8.61. The zero-order valence-electron chi connectivity index (χ0n) is 11.2. The van der Waals surface area contributed by atoms with Crippen molar-refractivity contribution in [2.45, 2.75) is 26.7 Å². The van der Waals surface area contributed by atoms with Gasteiger partial charge in [0.15, 0.2) is 5.82 Å². The summed E-state index contributed by atoms with van der Waals surface area (Å²) >= 11 is 0. The predicted molar refractivity (Wildman–Crippen MR) is 73.6 cm³/mol. The zero-order chi connectivity index (χ0) is 13.1. The Hall–Kier alpha value is -1.97. The van der Waals surface area contributed by atoms with Crippen molar-refractivity contribution in [2.24, 2.45) is 0 Å². The summed E-state index contributed by atoms with van der Waals surface area (Å²) in [5.74, 6) is 1.96. The molecule has 0 amide bonds. The first-order valence-electron chi connectivity index (χ1n) is 6.11. The molecule has 94 valence electrons. The van der Waals surface area contributed by atoms with Gasteiger partial charge in [-0.15, -0.1) is 10.2 Å². The molecular formula is C14H18N4.